The van der Waals surface area contributed by atoms with E-state index in [2.05, 4.69) is 5.32 Å². The van der Waals surface area contributed by atoms with Crippen molar-refractivity contribution in [3.05, 3.63) is 53.6 Å². The summed E-state index contributed by atoms with van der Waals surface area (Å²) in [5.41, 5.74) is 1.21. The maximum atomic E-state index is 12.2. The molecule has 7 nitrogen and oxygen atoms in total. The molecule has 0 bridgehead atoms. The van der Waals surface area contributed by atoms with Crippen LogP contribution in [0.4, 0.5) is 5.69 Å². The molecule has 1 amide bonds. The smallest absolute Gasteiger partial charge is 0.338 e. The lowest BCUT2D eigenvalue weighted by molar-refractivity contribution is -0.119. The third kappa shape index (κ3) is 4.84. The Labute approximate surface area is 156 Å². The molecule has 27 heavy (non-hydrogen) atoms. The van der Waals surface area contributed by atoms with Gasteiger partial charge in [-0.05, 0) is 37.3 Å². The molecule has 2 aromatic carbocycles. The van der Waals surface area contributed by atoms with Gasteiger partial charge in [0.1, 0.15) is 0 Å². The lowest BCUT2D eigenvalue weighted by Gasteiger charge is -2.10. The number of nitrogens with one attached hydrogen (secondary N) is 1. The first-order valence-electron chi connectivity index (χ1n) is 8.50. The van der Waals surface area contributed by atoms with Crippen LogP contribution >= 0.6 is 0 Å². The number of hydrogen-bond acceptors (Lipinski definition) is 6. The van der Waals surface area contributed by atoms with Gasteiger partial charge in [0, 0.05) is 17.7 Å². The quantitative estimate of drug-likeness (QED) is 0.644. The number of carbonyl (C=O) groups is 3. The van der Waals surface area contributed by atoms with Gasteiger partial charge in [-0.15, -0.1) is 0 Å². The van der Waals surface area contributed by atoms with Crippen LogP contribution in [-0.4, -0.2) is 37.5 Å². The standard InChI is InChI=1S/C20H19NO6/c1-13(22)14-4-2-5-16(10-14)21-19(23)12-27-20(24)15-6-7-17-18(11-15)26-9-3-8-25-17/h2,4-7,10-11H,3,8-9,12H2,1H3,(H,21,23). The van der Waals surface area contributed by atoms with E-state index in [1.54, 1.807) is 36.4 Å². The highest BCUT2D eigenvalue weighted by atomic mass is 16.5. The summed E-state index contributed by atoms with van der Waals surface area (Å²) >= 11 is 0. The van der Waals surface area contributed by atoms with Gasteiger partial charge in [0.25, 0.3) is 5.91 Å². The summed E-state index contributed by atoms with van der Waals surface area (Å²) < 4.78 is 16.1. The number of fused-ring (bicyclic) bond motifs is 1. The van der Waals surface area contributed by atoms with Gasteiger partial charge in [-0.1, -0.05) is 12.1 Å². The van der Waals surface area contributed by atoms with Crippen molar-refractivity contribution < 1.29 is 28.6 Å². The van der Waals surface area contributed by atoms with E-state index in [0.717, 1.165) is 6.42 Å². The van der Waals surface area contributed by atoms with Gasteiger partial charge in [-0.3, -0.25) is 9.59 Å². The summed E-state index contributed by atoms with van der Waals surface area (Å²) in [6.45, 7) is 2.06. The van der Waals surface area contributed by atoms with Crippen molar-refractivity contribution in [2.24, 2.45) is 0 Å². The predicted octanol–water partition coefficient (Wildman–Crippen LogP) is 2.85. The van der Waals surface area contributed by atoms with Crippen molar-refractivity contribution in [2.45, 2.75) is 13.3 Å². The molecule has 0 radical (unpaired) electrons. The molecule has 0 saturated heterocycles. The molecule has 1 heterocycles. The molecule has 0 spiro atoms. The number of hydrogen-bond donors (Lipinski definition) is 1. The minimum absolute atomic E-state index is 0.105. The molecule has 3 rings (SSSR count). The fourth-order valence-corrected chi connectivity index (χ4v) is 2.52. The van der Waals surface area contributed by atoms with Crippen LogP contribution in [0.3, 0.4) is 0 Å². The summed E-state index contributed by atoms with van der Waals surface area (Å²) in [6, 6.07) is 11.3. The first-order chi connectivity index (χ1) is 13.0. The highest BCUT2D eigenvalue weighted by molar-refractivity contribution is 5.98. The van der Waals surface area contributed by atoms with E-state index in [0.29, 0.717) is 36.0 Å². The Balaban J connectivity index is 1.57. The average molecular weight is 369 g/mol. The highest BCUT2D eigenvalue weighted by Crippen LogP contribution is 2.30. The first-order valence-corrected chi connectivity index (χ1v) is 8.50. The zero-order valence-electron chi connectivity index (χ0n) is 14.8. The Morgan fingerprint density at radius 2 is 1.78 bits per heavy atom. The Bertz CT molecular complexity index is 877. The van der Waals surface area contributed by atoms with Crippen LogP contribution in [0.25, 0.3) is 0 Å². The lowest BCUT2D eigenvalue weighted by Crippen LogP contribution is -2.21. The topological polar surface area (TPSA) is 90.9 Å². The molecule has 1 aliphatic rings. The number of benzene rings is 2. The maximum absolute atomic E-state index is 12.2. The zero-order valence-corrected chi connectivity index (χ0v) is 14.8. The molecule has 2 aromatic rings. The molecule has 140 valence electrons. The van der Waals surface area contributed by atoms with Gasteiger partial charge < -0.3 is 19.5 Å². The summed E-state index contributed by atoms with van der Waals surface area (Å²) in [7, 11) is 0. The van der Waals surface area contributed by atoms with Crippen LogP contribution in [0.15, 0.2) is 42.5 Å². The minimum Gasteiger partial charge on any atom is -0.490 e. The molecule has 0 aliphatic carbocycles. The number of ether oxygens (including phenoxy) is 3. The van der Waals surface area contributed by atoms with E-state index in [4.69, 9.17) is 14.2 Å². The third-order valence-electron chi connectivity index (χ3n) is 3.87. The molecule has 1 N–H and O–H groups in total. The second-order valence-corrected chi connectivity index (χ2v) is 5.97. The van der Waals surface area contributed by atoms with Crippen molar-refractivity contribution in [1.29, 1.82) is 0 Å². The lowest BCUT2D eigenvalue weighted by atomic mass is 10.1. The van der Waals surface area contributed by atoms with Crippen molar-refractivity contribution in [3.8, 4) is 11.5 Å². The zero-order chi connectivity index (χ0) is 19.2. The van der Waals surface area contributed by atoms with E-state index in [1.807, 2.05) is 0 Å². The summed E-state index contributed by atoms with van der Waals surface area (Å²) in [4.78, 5) is 35.5. The fraction of sp³-hybridized carbons (Fsp3) is 0.250. The molecular formula is C20H19NO6. The normalized spacial score (nSPS) is 12.6. The van der Waals surface area contributed by atoms with Crippen molar-refractivity contribution in [3.63, 3.8) is 0 Å². The van der Waals surface area contributed by atoms with E-state index < -0.39 is 18.5 Å². The average Bonchev–Trinajstić information content (AvgIpc) is 2.91. The molecule has 0 atom stereocenters. The number of esters is 1. The van der Waals surface area contributed by atoms with Gasteiger partial charge in [0.15, 0.2) is 23.9 Å². The van der Waals surface area contributed by atoms with Crippen LogP contribution in [0.2, 0.25) is 0 Å². The van der Waals surface area contributed by atoms with Gasteiger partial charge >= 0.3 is 5.97 Å². The van der Waals surface area contributed by atoms with Crippen LogP contribution in [0.1, 0.15) is 34.1 Å². The second kappa shape index (κ2) is 8.35. The largest absolute Gasteiger partial charge is 0.490 e. The number of carbonyl (C=O) groups excluding carboxylic acids is 3. The monoisotopic (exact) mass is 369 g/mol. The van der Waals surface area contributed by atoms with Gasteiger partial charge in [-0.25, -0.2) is 4.79 Å². The van der Waals surface area contributed by atoms with Crippen molar-refractivity contribution in [1.82, 2.24) is 0 Å². The van der Waals surface area contributed by atoms with Gasteiger partial charge in [-0.2, -0.15) is 0 Å². The van der Waals surface area contributed by atoms with E-state index in [1.165, 1.54) is 13.0 Å². The molecule has 0 aromatic heterocycles. The van der Waals surface area contributed by atoms with E-state index in [-0.39, 0.29) is 11.3 Å². The summed E-state index contributed by atoms with van der Waals surface area (Å²) in [6.07, 6.45) is 0.763. The molecule has 7 heteroatoms. The van der Waals surface area contributed by atoms with E-state index >= 15 is 0 Å². The SMILES string of the molecule is CC(=O)c1cccc(NC(=O)COC(=O)c2ccc3c(c2)OCCCO3)c1. The summed E-state index contributed by atoms with van der Waals surface area (Å²) in [5, 5.41) is 2.59. The third-order valence-corrected chi connectivity index (χ3v) is 3.87. The first kappa shape index (κ1) is 18.4. The molecule has 0 fully saturated rings. The van der Waals surface area contributed by atoms with Gasteiger partial charge in [0.2, 0.25) is 0 Å². The molecule has 0 saturated carbocycles. The van der Waals surface area contributed by atoms with E-state index in [9.17, 15) is 14.4 Å². The Morgan fingerprint density at radius 1 is 1.00 bits per heavy atom. The van der Waals surface area contributed by atoms with Crippen LogP contribution < -0.4 is 14.8 Å². The predicted molar refractivity (Wildman–Crippen MR) is 97.4 cm³/mol. The number of Topliss-reactive ketones (excluding diaryl/α,β-unsaturated/α-hetero) is 1. The maximum Gasteiger partial charge on any atom is 0.338 e. The van der Waals surface area contributed by atoms with Crippen LogP contribution in [0, 0.1) is 0 Å². The fourth-order valence-electron chi connectivity index (χ4n) is 2.52. The molecule has 0 unspecified atom stereocenters. The van der Waals surface area contributed by atoms with Crippen LogP contribution in [-0.2, 0) is 9.53 Å². The number of anilines is 1. The Hall–Kier alpha value is -3.35. The minimum atomic E-state index is -0.640. The molecule has 1 aliphatic heterocycles. The second-order valence-electron chi connectivity index (χ2n) is 5.97. The number of ketones is 1. The summed E-state index contributed by atoms with van der Waals surface area (Å²) in [5.74, 6) is -0.191. The highest BCUT2D eigenvalue weighted by Gasteiger charge is 2.16. The van der Waals surface area contributed by atoms with Crippen molar-refractivity contribution >= 4 is 23.3 Å². The van der Waals surface area contributed by atoms with Crippen molar-refractivity contribution in [2.75, 3.05) is 25.1 Å². The van der Waals surface area contributed by atoms with Crippen LogP contribution in [0.5, 0.6) is 11.5 Å². The Kier molecular flexibility index (Phi) is 5.71. The number of rotatable bonds is 5. The number of amides is 1. The van der Waals surface area contributed by atoms with Gasteiger partial charge in [0.05, 0.1) is 18.8 Å². The molecular weight excluding hydrogens is 350 g/mol. The Morgan fingerprint density at radius 3 is 2.56 bits per heavy atom.